The summed E-state index contributed by atoms with van der Waals surface area (Å²) in [5.74, 6) is -0.328. The Balaban J connectivity index is 2.15. The lowest BCUT2D eigenvalue weighted by atomic mass is 10.0. The molecule has 2 amide bonds. The molecule has 1 atom stereocenters. The van der Waals surface area contributed by atoms with E-state index >= 15 is 0 Å². The van der Waals surface area contributed by atoms with E-state index in [2.05, 4.69) is 10.6 Å². The van der Waals surface area contributed by atoms with Gasteiger partial charge >= 0.3 is 6.09 Å². The lowest BCUT2D eigenvalue weighted by Crippen LogP contribution is -2.49. The van der Waals surface area contributed by atoms with E-state index in [9.17, 15) is 9.59 Å². The molecule has 0 spiro atoms. The number of carbonyl (C=O) groups is 2. The number of hydrogen-bond acceptors (Lipinski definition) is 4. The van der Waals surface area contributed by atoms with Gasteiger partial charge < -0.3 is 20.1 Å². The Kier molecular flexibility index (Phi) is 6.58. The van der Waals surface area contributed by atoms with Crippen LogP contribution in [0.5, 0.6) is 0 Å². The van der Waals surface area contributed by atoms with Crippen molar-refractivity contribution in [2.75, 3.05) is 13.8 Å². The second-order valence-electron chi connectivity index (χ2n) is 7.06. The third kappa shape index (κ3) is 6.04. The topological polar surface area (TPSA) is 76.7 Å². The number of rotatable bonds is 6. The van der Waals surface area contributed by atoms with Crippen LogP contribution >= 0.6 is 0 Å². The SMILES string of the molecule is COCNC(=O)C(Cc1ccc2ccccc2c1)NC(=O)OC(C)(C)C. The summed E-state index contributed by atoms with van der Waals surface area (Å²) in [4.78, 5) is 24.5. The molecule has 2 N–H and O–H groups in total. The molecule has 0 aromatic heterocycles. The highest BCUT2D eigenvalue weighted by Gasteiger charge is 2.24. The molecule has 0 bridgehead atoms. The molecule has 26 heavy (non-hydrogen) atoms. The first-order valence-electron chi connectivity index (χ1n) is 8.52. The van der Waals surface area contributed by atoms with Crippen molar-refractivity contribution >= 4 is 22.8 Å². The molecule has 0 saturated heterocycles. The molecule has 0 fully saturated rings. The van der Waals surface area contributed by atoms with Gasteiger partial charge in [-0.05, 0) is 37.1 Å². The number of carbonyl (C=O) groups excluding carboxylic acids is 2. The number of benzene rings is 2. The van der Waals surface area contributed by atoms with Gasteiger partial charge in [-0.25, -0.2) is 4.79 Å². The third-order valence-electron chi connectivity index (χ3n) is 3.65. The highest BCUT2D eigenvalue weighted by atomic mass is 16.6. The van der Waals surface area contributed by atoms with E-state index in [1.165, 1.54) is 7.11 Å². The van der Waals surface area contributed by atoms with E-state index in [0.717, 1.165) is 16.3 Å². The minimum absolute atomic E-state index is 0.0725. The molecule has 1 unspecified atom stereocenters. The first-order valence-corrected chi connectivity index (χ1v) is 8.52. The fourth-order valence-corrected chi connectivity index (χ4v) is 2.53. The summed E-state index contributed by atoms with van der Waals surface area (Å²) in [6, 6.07) is 13.2. The molecule has 0 aliphatic heterocycles. The van der Waals surface area contributed by atoms with Crippen LogP contribution in [-0.2, 0) is 20.7 Å². The Hall–Kier alpha value is -2.60. The number of hydrogen-bond donors (Lipinski definition) is 2. The van der Waals surface area contributed by atoms with Gasteiger partial charge in [0, 0.05) is 13.5 Å². The van der Waals surface area contributed by atoms with Crippen LogP contribution in [-0.4, -0.2) is 37.5 Å². The largest absolute Gasteiger partial charge is 0.444 e. The van der Waals surface area contributed by atoms with Gasteiger partial charge in [-0.15, -0.1) is 0 Å². The molecule has 0 radical (unpaired) electrons. The van der Waals surface area contributed by atoms with E-state index in [1.54, 1.807) is 20.8 Å². The van der Waals surface area contributed by atoms with Gasteiger partial charge in [-0.3, -0.25) is 4.79 Å². The molecule has 2 rings (SSSR count). The molecular weight excluding hydrogens is 332 g/mol. The number of fused-ring (bicyclic) bond motifs is 1. The molecule has 2 aromatic carbocycles. The van der Waals surface area contributed by atoms with E-state index < -0.39 is 17.7 Å². The zero-order valence-corrected chi connectivity index (χ0v) is 15.7. The first kappa shape index (κ1) is 19.7. The molecule has 6 nitrogen and oxygen atoms in total. The Morgan fingerprint density at radius 1 is 1.08 bits per heavy atom. The standard InChI is InChI=1S/C20H26N2O4/c1-20(2,3)26-19(24)22-17(18(23)21-13-25-4)12-14-9-10-15-7-5-6-8-16(15)11-14/h5-11,17H,12-13H2,1-4H3,(H,21,23)(H,22,24). The summed E-state index contributed by atoms with van der Waals surface area (Å²) in [5, 5.41) is 7.48. The van der Waals surface area contributed by atoms with Crippen molar-refractivity contribution in [3.05, 3.63) is 48.0 Å². The normalized spacial score (nSPS) is 12.5. The van der Waals surface area contributed by atoms with E-state index in [1.807, 2.05) is 42.5 Å². The molecular formula is C20H26N2O4. The number of ether oxygens (including phenoxy) is 2. The Bertz CT molecular complexity index is 768. The first-order chi connectivity index (χ1) is 12.3. The lowest BCUT2D eigenvalue weighted by Gasteiger charge is -2.23. The van der Waals surface area contributed by atoms with Crippen LogP contribution < -0.4 is 10.6 Å². The van der Waals surface area contributed by atoms with Crippen molar-refractivity contribution in [1.29, 1.82) is 0 Å². The second kappa shape index (κ2) is 8.67. The third-order valence-corrected chi connectivity index (χ3v) is 3.65. The summed E-state index contributed by atoms with van der Waals surface area (Å²) >= 11 is 0. The van der Waals surface area contributed by atoms with Gasteiger partial charge in [0.05, 0.1) is 0 Å². The minimum Gasteiger partial charge on any atom is -0.444 e. The van der Waals surface area contributed by atoms with Gasteiger partial charge in [0.2, 0.25) is 5.91 Å². The van der Waals surface area contributed by atoms with Crippen LogP contribution in [0.1, 0.15) is 26.3 Å². The van der Waals surface area contributed by atoms with Crippen molar-refractivity contribution in [2.24, 2.45) is 0 Å². The molecule has 0 aliphatic rings. The molecule has 2 aromatic rings. The second-order valence-corrected chi connectivity index (χ2v) is 7.06. The van der Waals surface area contributed by atoms with Crippen LogP contribution in [0.3, 0.4) is 0 Å². The van der Waals surface area contributed by atoms with Gasteiger partial charge in [-0.1, -0.05) is 42.5 Å². The van der Waals surface area contributed by atoms with E-state index in [-0.39, 0.29) is 12.6 Å². The lowest BCUT2D eigenvalue weighted by molar-refractivity contribution is -0.124. The monoisotopic (exact) mass is 358 g/mol. The fourth-order valence-electron chi connectivity index (χ4n) is 2.53. The van der Waals surface area contributed by atoms with Crippen LogP contribution in [0.2, 0.25) is 0 Å². The van der Waals surface area contributed by atoms with Crippen LogP contribution in [0.25, 0.3) is 10.8 Å². The van der Waals surface area contributed by atoms with Gasteiger partial charge in [-0.2, -0.15) is 0 Å². The Morgan fingerprint density at radius 2 is 1.77 bits per heavy atom. The number of nitrogens with one attached hydrogen (secondary N) is 2. The summed E-state index contributed by atoms with van der Waals surface area (Å²) in [6.45, 7) is 5.39. The zero-order valence-electron chi connectivity index (χ0n) is 15.7. The molecule has 140 valence electrons. The van der Waals surface area contributed by atoms with Gasteiger partial charge in [0.15, 0.2) is 0 Å². The number of methoxy groups -OCH3 is 1. The zero-order chi connectivity index (χ0) is 19.2. The maximum Gasteiger partial charge on any atom is 0.408 e. The number of alkyl carbamates (subject to hydrolysis) is 1. The number of amides is 2. The van der Waals surface area contributed by atoms with Crippen molar-refractivity contribution in [2.45, 2.75) is 38.8 Å². The summed E-state index contributed by atoms with van der Waals surface area (Å²) < 4.78 is 10.1. The molecule has 0 aliphatic carbocycles. The van der Waals surface area contributed by atoms with E-state index in [0.29, 0.717) is 6.42 Å². The van der Waals surface area contributed by atoms with Crippen molar-refractivity contribution in [3.63, 3.8) is 0 Å². The summed E-state index contributed by atoms with van der Waals surface area (Å²) in [5.41, 5.74) is 0.304. The van der Waals surface area contributed by atoms with Crippen LogP contribution in [0.15, 0.2) is 42.5 Å². The highest BCUT2D eigenvalue weighted by molar-refractivity contribution is 5.87. The smallest absolute Gasteiger partial charge is 0.408 e. The average molecular weight is 358 g/mol. The summed E-state index contributed by atoms with van der Waals surface area (Å²) in [6.07, 6.45) is -0.282. The van der Waals surface area contributed by atoms with Gasteiger partial charge in [0.25, 0.3) is 0 Å². The predicted octanol–water partition coefficient (Wildman–Crippen LogP) is 3.00. The van der Waals surface area contributed by atoms with Crippen LogP contribution in [0, 0.1) is 0 Å². The Labute approximate surface area is 153 Å². The highest BCUT2D eigenvalue weighted by Crippen LogP contribution is 2.17. The summed E-state index contributed by atoms with van der Waals surface area (Å²) in [7, 11) is 1.49. The van der Waals surface area contributed by atoms with Gasteiger partial charge in [0.1, 0.15) is 18.4 Å². The molecule has 0 saturated carbocycles. The molecule has 0 heterocycles. The maximum absolute atomic E-state index is 12.4. The Morgan fingerprint density at radius 3 is 2.42 bits per heavy atom. The van der Waals surface area contributed by atoms with Crippen LogP contribution in [0.4, 0.5) is 4.79 Å². The maximum atomic E-state index is 12.4. The minimum atomic E-state index is -0.763. The van der Waals surface area contributed by atoms with E-state index in [4.69, 9.17) is 9.47 Å². The quantitative estimate of drug-likeness (QED) is 0.779. The fraction of sp³-hybridized carbons (Fsp3) is 0.400. The van der Waals surface area contributed by atoms with Crippen molar-refractivity contribution < 1.29 is 19.1 Å². The average Bonchev–Trinajstić information content (AvgIpc) is 2.57. The molecule has 6 heteroatoms. The van der Waals surface area contributed by atoms with Crippen molar-refractivity contribution in [3.8, 4) is 0 Å². The predicted molar refractivity (Wildman–Crippen MR) is 101 cm³/mol. The van der Waals surface area contributed by atoms with Crippen molar-refractivity contribution in [1.82, 2.24) is 10.6 Å².